The maximum Gasteiger partial charge on any atom is 0.252 e. The van der Waals surface area contributed by atoms with Gasteiger partial charge in [0.15, 0.2) is 5.78 Å². The molecule has 1 heterocycles. The van der Waals surface area contributed by atoms with Crippen molar-refractivity contribution in [3.8, 4) is 16.9 Å². The fourth-order valence-electron chi connectivity index (χ4n) is 4.07. The van der Waals surface area contributed by atoms with Crippen LogP contribution >= 0.6 is 11.6 Å². The molecular weight excluding hydrogens is 532 g/mol. The fraction of sp³-hybridized carbons (Fsp3) is 0.167. The number of carbonyl (C=O) groups is 3. The Morgan fingerprint density at radius 3 is 2.48 bits per heavy atom. The average molecular weight is 561 g/mol. The Kier molecular flexibility index (Phi) is 10.3. The van der Waals surface area contributed by atoms with E-state index in [-0.39, 0.29) is 18.0 Å². The first-order valence-corrected chi connectivity index (χ1v) is 12.6. The van der Waals surface area contributed by atoms with Gasteiger partial charge in [-0.2, -0.15) is 0 Å². The Bertz CT molecular complexity index is 1540. The van der Waals surface area contributed by atoms with Crippen LogP contribution in [-0.2, 0) is 4.79 Å². The van der Waals surface area contributed by atoms with E-state index in [1.165, 1.54) is 49.2 Å². The highest BCUT2D eigenvalue weighted by atomic mass is 35.5. The largest absolute Gasteiger partial charge is 0.495 e. The Balaban J connectivity index is 2.04. The van der Waals surface area contributed by atoms with E-state index in [0.29, 0.717) is 39.4 Å². The Morgan fingerprint density at radius 1 is 1.12 bits per heavy atom. The van der Waals surface area contributed by atoms with Crippen molar-refractivity contribution < 1.29 is 19.1 Å². The van der Waals surface area contributed by atoms with Gasteiger partial charge in [-0.1, -0.05) is 23.8 Å². The number of allylic oxidation sites excluding steroid dienone is 3. The van der Waals surface area contributed by atoms with Crippen LogP contribution in [0.3, 0.4) is 0 Å². The summed E-state index contributed by atoms with van der Waals surface area (Å²) >= 11 is 6.20. The predicted molar refractivity (Wildman–Crippen MR) is 157 cm³/mol. The minimum atomic E-state index is -0.927. The van der Waals surface area contributed by atoms with Gasteiger partial charge in [-0.3, -0.25) is 28.7 Å². The number of rotatable bonds is 12. The van der Waals surface area contributed by atoms with Gasteiger partial charge in [0.1, 0.15) is 11.8 Å². The van der Waals surface area contributed by atoms with Crippen molar-refractivity contribution in [2.24, 2.45) is 10.7 Å². The van der Waals surface area contributed by atoms with Gasteiger partial charge in [0.2, 0.25) is 11.8 Å². The molecule has 3 N–H and O–H groups in total. The molecule has 1 aromatic heterocycles. The molecule has 40 heavy (non-hydrogen) atoms. The molecule has 0 bridgehead atoms. The monoisotopic (exact) mass is 560 g/mol. The standard InChI is InChI=1S/C30H29ClN4O5/c1-19(36)23-14-11-21(31)16-24(23)25-17-28(37)35(18-27(25)40-3)26(8-6-4-5-7-15-33-2)30(39)34-22-12-9-20(10-13-22)29(32)38/h4-5,7,9-18,26H,2,6,8H2,1,3H3,(H2,32,38)(H,34,39)/b5-4-,15-7-. The number of primary amides is 1. The molecule has 10 heteroatoms. The Hall–Kier alpha value is -4.76. The number of halogens is 1. The molecule has 0 aliphatic carbocycles. The third-order valence-corrected chi connectivity index (χ3v) is 6.27. The molecule has 0 aliphatic rings. The summed E-state index contributed by atoms with van der Waals surface area (Å²) in [6.07, 6.45) is 9.01. The molecule has 1 atom stereocenters. The maximum absolute atomic E-state index is 13.5. The summed E-state index contributed by atoms with van der Waals surface area (Å²) in [5, 5.41) is 3.18. The fourth-order valence-corrected chi connectivity index (χ4v) is 4.24. The van der Waals surface area contributed by atoms with E-state index in [1.54, 1.807) is 42.5 Å². The summed E-state index contributed by atoms with van der Waals surface area (Å²) in [5.41, 5.74) is 6.74. The number of ketones is 1. The second-order valence-corrected chi connectivity index (χ2v) is 9.16. The van der Waals surface area contributed by atoms with Crippen molar-refractivity contribution in [3.63, 3.8) is 0 Å². The van der Waals surface area contributed by atoms with Crippen LogP contribution in [0.5, 0.6) is 5.75 Å². The number of carbonyl (C=O) groups excluding carboxylic acids is 3. The smallest absolute Gasteiger partial charge is 0.252 e. The number of aliphatic imine (C=N–C) groups is 1. The first-order chi connectivity index (χ1) is 19.2. The van der Waals surface area contributed by atoms with Crippen LogP contribution < -0.4 is 21.3 Å². The highest BCUT2D eigenvalue weighted by Gasteiger charge is 2.24. The molecule has 2 aromatic carbocycles. The molecule has 9 nitrogen and oxygen atoms in total. The predicted octanol–water partition coefficient (Wildman–Crippen LogP) is 5.21. The number of ether oxygens (including phenoxy) is 1. The number of hydrogen-bond donors (Lipinski definition) is 2. The van der Waals surface area contributed by atoms with Crippen LogP contribution in [0.25, 0.3) is 11.1 Å². The van der Waals surface area contributed by atoms with E-state index in [2.05, 4.69) is 17.0 Å². The van der Waals surface area contributed by atoms with Crippen LogP contribution in [0.4, 0.5) is 5.69 Å². The highest BCUT2D eigenvalue weighted by Crippen LogP contribution is 2.34. The van der Waals surface area contributed by atoms with Crippen LogP contribution in [0, 0.1) is 0 Å². The van der Waals surface area contributed by atoms with Gasteiger partial charge in [-0.05, 0) is 80.6 Å². The number of nitrogens with zero attached hydrogens (tertiary/aromatic N) is 2. The number of hydrogen-bond acceptors (Lipinski definition) is 6. The summed E-state index contributed by atoms with van der Waals surface area (Å²) in [6, 6.07) is 11.3. The van der Waals surface area contributed by atoms with E-state index in [0.717, 1.165) is 0 Å². The molecule has 0 saturated carbocycles. The quantitative estimate of drug-likeness (QED) is 0.178. The Morgan fingerprint density at radius 2 is 1.85 bits per heavy atom. The normalized spacial score (nSPS) is 11.9. The molecule has 0 aliphatic heterocycles. The van der Waals surface area contributed by atoms with Gasteiger partial charge >= 0.3 is 0 Å². The minimum Gasteiger partial charge on any atom is -0.495 e. The van der Waals surface area contributed by atoms with Gasteiger partial charge in [0, 0.05) is 39.7 Å². The molecule has 0 fully saturated rings. The number of benzene rings is 2. The number of Topliss-reactive ketones (excluding diaryl/α,β-unsaturated/α-hetero) is 1. The lowest BCUT2D eigenvalue weighted by Gasteiger charge is -2.21. The van der Waals surface area contributed by atoms with E-state index in [1.807, 2.05) is 6.08 Å². The number of amides is 2. The number of aromatic nitrogens is 1. The number of nitrogens with two attached hydrogens (primary N) is 1. The van der Waals surface area contributed by atoms with E-state index >= 15 is 0 Å². The summed E-state index contributed by atoms with van der Waals surface area (Å²) in [4.78, 5) is 54.2. The lowest BCUT2D eigenvalue weighted by molar-refractivity contribution is -0.119. The number of pyridine rings is 1. The molecule has 0 saturated heterocycles. The van der Waals surface area contributed by atoms with Crippen molar-refractivity contribution in [1.82, 2.24) is 4.57 Å². The first-order valence-electron chi connectivity index (χ1n) is 12.3. The molecule has 206 valence electrons. The number of methoxy groups -OCH3 is 1. The van der Waals surface area contributed by atoms with Crippen LogP contribution in [-0.4, -0.2) is 36.0 Å². The number of nitrogens with one attached hydrogen (secondary N) is 1. The summed E-state index contributed by atoms with van der Waals surface area (Å²) in [6.45, 7) is 4.80. The van der Waals surface area contributed by atoms with Gasteiger partial charge in [0.25, 0.3) is 5.56 Å². The van der Waals surface area contributed by atoms with Crippen LogP contribution in [0.2, 0.25) is 5.02 Å². The zero-order valence-electron chi connectivity index (χ0n) is 22.1. The molecule has 2 amide bonds. The molecule has 0 spiro atoms. The van der Waals surface area contributed by atoms with Crippen molar-refractivity contribution in [2.45, 2.75) is 25.8 Å². The van der Waals surface area contributed by atoms with Crippen molar-refractivity contribution in [1.29, 1.82) is 0 Å². The van der Waals surface area contributed by atoms with Crippen molar-refractivity contribution in [2.75, 3.05) is 12.4 Å². The minimum absolute atomic E-state index is 0.204. The first kappa shape index (κ1) is 29.8. The molecule has 1 unspecified atom stereocenters. The maximum atomic E-state index is 13.5. The molecule has 3 rings (SSSR count). The Labute approximate surface area is 236 Å². The molecular formula is C30H29ClN4O5. The zero-order chi connectivity index (χ0) is 29.2. The second kappa shape index (κ2) is 13.9. The van der Waals surface area contributed by atoms with Crippen LogP contribution in [0.15, 0.2) is 88.9 Å². The van der Waals surface area contributed by atoms with E-state index < -0.39 is 23.4 Å². The third-order valence-electron chi connectivity index (χ3n) is 6.04. The average Bonchev–Trinajstić information content (AvgIpc) is 2.93. The summed E-state index contributed by atoms with van der Waals surface area (Å²) < 4.78 is 6.89. The van der Waals surface area contributed by atoms with Gasteiger partial charge in [-0.25, -0.2) is 0 Å². The summed E-state index contributed by atoms with van der Waals surface area (Å²) in [5.74, 6) is -0.962. The van der Waals surface area contributed by atoms with Gasteiger partial charge in [-0.15, -0.1) is 0 Å². The summed E-state index contributed by atoms with van der Waals surface area (Å²) in [7, 11) is 1.43. The van der Waals surface area contributed by atoms with Crippen LogP contribution in [0.1, 0.15) is 46.5 Å². The number of anilines is 1. The van der Waals surface area contributed by atoms with Gasteiger partial charge < -0.3 is 15.8 Å². The van der Waals surface area contributed by atoms with Crippen molar-refractivity contribution in [3.05, 3.63) is 106 Å². The van der Waals surface area contributed by atoms with E-state index in [9.17, 15) is 19.2 Å². The SMILES string of the molecule is C=N/C=C\C=C/CCC(C(=O)Nc1ccc(C(N)=O)cc1)n1cc(OC)c(-c2cc(Cl)ccc2C(C)=O)cc1=O. The molecule has 0 radical (unpaired) electrons. The highest BCUT2D eigenvalue weighted by molar-refractivity contribution is 6.31. The lowest BCUT2D eigenvalue weighted by atomic mass is 9.97. The second-order valence-electron chi connectivity index (χ2n) is 8.72. The zero-order valence-corrected chi connectivity index (χ0v) is 22.9. The molecule has 3 aromatic rings. The van der Waals surface area contributed by atoms with E-state index in [4.69, 9.17) is 22.1 Å². The third kappa shape index (κ3) is 7.42. The topological polar surface area (TPSA) is 133 Å². The van der Waals surface area contributed by atoms with Gasteiger partial charge in [0.05, 0.1) is 13.3 Å². The lowest BCUT2D eigenvalue weighted by Crippen LogP contribution is -2.33. The van der Waals surface area contributed by atoms with Crippen molar-refractivity contribution >= 4 is 41.6 Å².